The summed E-state index contributed by atoms with van der Waals surface area (Å²) < 4.78 is 0. The molecule has 2 N–H and O–H groups in total. The summed E-state index contributed by atoms with van der Waals surface area (Å²) in [5, 5.41) is 18.4. The number of nitrogens with one attached hydrogen (secondary N) is 2. The Labute approximate surface area is 202 Å². The molecule has 0 aliphatic carbocycles. The molecule has 0 atom stereocenters. The smallest absolute Gasteiger partial charge is 0.333 e. The molecule has 0 spiro atoms. The molecule has 4 rings (SSSR count). The van der Waals surface area contributed by atoms with Gasteiger partial charge >= 0.3 is 5.00 Å². The maximum absolute atomic E-state index is 13.3. The zero-order valence-electron chi connectivity index (χ0n) is 18.8. The summed E-state index contributed by atoms with van der Waals surface area (Å²) in [5.41, 5.74) is 4.40. The number of carbonyl (C=O) groups excluding carboxylic acids is 1. The van der Waals surface area contributed by atoms with E-state index in [2.05, 4.69) is 17.6 Å². The molecular weight excluding hydrogens is 446 g/mol. The molecular formula is C27H25N3O3S. The van der Waals surface area contributed by atoms with Crippen molar-refractivity contribution in [1.82, 2.24) is 0 Å². The normalized spacial score (nSPS) is 10.6. The number of hydrogen-bond acceptors (Lipinski definition) is 5. The molecule has 34 heavy (non-hydrogen) atoms. The number of carbonyl (C=O) groups is 1. The summed E-state index contributed by atoms with van der Waals surface area (Å²) in [7, 11) is 0. The monoisotopic (exact) mass is 471 g/mol. The van der Waals surface area contributed by atoms with Gasteiger partial charge in [-0.05, 0) is 58.7 Å². The number of nitro groups is 1. The van der Waals surface area contributed by atoms with Crippen molar-refractivity contribution in [3.05, 3.63) is 101 Å². The molecule has 0 bridgehead atoms. The van der Waals surface area contributed by atoms with E-state index in [1.165, 1.54) is 0 Å². The third kappa shape index (κ3) is 5.32. The van der Waals surface area contributed by atoms with Gasteiger partial charge in [0.25, 0.3) is 5.91 Å². The maximum Gasteiger partial charge on any atom is 0.333 e. The molecule has 1 amide bonds. The number of anilines is 2. The summed E-state index contributed by atoms with van der Waals surface area (Å²) >= 11 is 0.960. The van der Waals surface area contributed by atoms with Crippen molar-refractivity contribution in [3.8, 4) is 22.3 Å². The van der Waals surface area contributed by atoms with Crippen LogP contribution in [0.5, 0.6) is 0 Å². The average Bonchev–Trinajstić information content (AvgIpc) is 3.29. The molecule has 1 aromatic heterocycles. The zero-order chi connectivity index (χ0) is 23.9. The number of thiophene rings is 1. The first-order valence-electron chi connectivity index (χ1n) is 11.1. The van der Waals surface area contributed by atoms with Crippen molar-refractivity contribution in [3.63, 3.8) is 0 Å². The molecule has 0 saturated carbocycles. The van der Waals surface area contributed by atoms with E-state index in [0.29, 0.717) is 16.1 Å². The molecule has 0 aliphatic rings. The van der Waals surface area contributed by atoms with E-state index < -0.39 is 4.92 Å². The van der Waals surface area contributed by atoms with Gasteiger partial charge in [-0.15, -0.1) is 0 Å². The molecule has 6 nitrogen and oxygen atoms in total. The van der Waals surface area contributed by atoms with Gasteiger partial charge in [0.1, 0.15) is 5.00 Å². The van der Waals surface area contributed by atoms with Crippen LogP contribution in [0.3, 0.4) is 0 Å². The van der Waals surface area contributed by atoms with Crippen molar-refractivity contribution in [2.75, 3.05) is 17.2 Å². The quantitative estimate of drug-likeness (QED) is 0.151. The van der Waals surface area contributed by atoms with Crippen LogP contribution < -0.4 is 10.6 Å². The lowest BCUT2D eigenvalue weighted by molar-refractivity contribution is -0.379. The Morgan fingerprint density at radius 1 is 0.912 bits per heavy atom. The van der Waals surface area contributed by atoms with Gasteiger partial charge < -0.3 is 10.6 Å². The first kappa shape index (κ1) is 23.2. The predicted molar refractivity (Wildman–Crippen MR) is 140 cm³/mol. The van der Waals surface area contributed by atoms with Crippen molar-refractivity contribution in [2.24, 2.45) is 0 Å². The Morgan fingerprint density at radius 2 is 1.56 bits per heavy atom. The van der Waals surface area contributed by atoms with Crippen LogP contribution >= 0.6 is 11.3 Å². The van der Waals surface area contributed by atoms with Gasteiger partial charge in [-0.1, -0.05) is 74.0 Å². The van der Waals surface area contributed by atoms with E-state index in [4.69, 9.17) is 0 Å². The van der Waals surface area contributed by atoms with Gasteiger partial charge in [-0.25, -0.2) is 0 Å². The SMILES string of the molecule is CCCCNc1ccc(C(=O)Nc2cc(-c3ccccc3)c([N+](=O)[O-])s2)c(-c2ccccc2)c1. The molecule has 3 aromatic carbocycles. The lowest BCUT2D eigenvalue weighted by Gasteiger charge is -2.13. The van der Waals surface area contributed by atoms with Gasteiger partial charge in [0.15, 0.2) is 0 Å². The van der Waals surface area contributed by atoms with E-state index in [0.717, 1.165) is 53.1 Å². The molecule has 0 aliphatic heterocycles. The largest absolute Gasteiger partial charge is 0.385 e. The minimum atomic E-state index is -0.408. The molecule has 0 saturated heterocycles. The highest BCUT2D eigenvalue weighted by Gasteiger charge is 2.22. The maximum atomic E-state index is 13.3. The van der Waals surface area contributed by atoms with Crippen molar-refractivity contribution in [1.29, 1.82) is 0 Å². The van der Waals surface area contributed by atoms with Gasteiger partial charge in [-0.3, -0.25) is 14.9 Å². The summed E-state index contributed by atoms with van der Waals surface area (Å²) in [6.45, 7) is 3.00. The fourth-order valence-corrected chi connectivity index (χ4v) is 4.59. The Morgan fingerprint density at radius 3 is 2.18 bits per heavy atom. The van der Waals surface area contributed by atoms with Crippen molar-refractivity contribution >= 4 is 32.9 Å². The third-order valence-electron chi connectivity index (χ3n) is 5.41. The first-order valence-corrected chi connectivity index (χ1v) is 12.0. The molecule has 0 fully saturated rings. The van der Waals surface area contributed by atoms with E-state index in [1.807, 2.05) is 72.8 Å². The van der Waals surface area contributed by atoms with Crippen LogP contribution in [0, 0.1) is 10.1 Å². The lowest BCUT2D eigenvalue weighted by Crippen LogP contribution is -2.13. The third-order valence-corrected chi connectivity index (χ3v) is 6.41. The van der Waals surface area contributed by atoms with Crippen LogP contribution in [0.1, 0.15) is 30.1 Å². The molecule has 0 unspecified atom stereocenters. The highest BCUT2D eigenvalue weighted by atomic mass is 32.1. The molecule has 7 heteroatoms. The standard InChI is InChI=1S/C27H25N3O3S/c1-2-3-16-28-21-14-15-22(23(17-21)19-10-6-4-7-11-19)26(31)29-25-18-24(27(34-25)30(32)33)20-12-8-5-9-13-20/h4-15,17-18,28H,2-3,16H2,1H3,(H,29,31). The number of hydrogen-bond donors (Lipinski definition) is 2. The van der Waals surface area contributed by atoms with Crippen LogP contribution in [-0.2, 0) is 0 Å². The molecule has 0 radical (unpaired) electrons. The van der Waals surface area contributed by atoms with E-state index in [9.17, 15) is 14.9 Å². The summed E-state index contributed by atoms with van der Waals surface area (Å²) in [5.74, 6) is -0.310. The van der Waals surface area contributed by atoms with Gasteiger partial charge in [0, 0.05) is 17.8 Å². The van der Waals surface area contributed by atoms with E-state index in [1.54, 1.807) is 12.1 Å². The molecule has 4 aromatic rings. The van der Waals surface area contributed by atoms with Crippen molar-refractivity contribution in [2.45, 2.75) is 19.8 Å². The summed E-state index contributed by atoms with van der Waals surface area (Å²) in [6, 6.07) is 26.2. The fourth-order valence-electron chi connectivity index (χ4n) is 3.70. The highest BCUT2D eigenvalue weighted by Crippen LogP contribution is 2.41. The minimum absolute atomic E-state index is 0.000236. The number of rotatable bonds is 9. The van der Waals surface area contributed by atoms with Crippen molar-refractivity contribution < 1.29 is 9.72 Å². The second-order valence-corrected chi connectivity index (χ2v) is 8.84. The van der Waals surface area contributed by atoms with Gasteiger partial charge in [-0.2, -0.15) is 0 Å². The second-order valence-electron chi connectivity index (χ2n) is 7.81. The Hall–Kier alpha value is -3.97. The topological polar surface area (TPSA) is 84.3 Å². The second kappa shape index (κ2) is 10.8. The summed E-state index contributed by atoms with van der Waals surface area (Å²) in [4.78, 5) is 24.5. The fraction of sp³-hybridized carbons (Fsp3) is 0.148. The van der Waals surface area contributed by atoms with Crippen LogP contribution in [0.25, 0.3) is 22.3 Å². The lowest BCUT2D eigenvalue weighted by atomic mass is 9.98. The molecule has 172 valence electrons. The van der Waals surface area contributed by atoms with Crippen LogP contribution in [0.15, 0.2) is 84.9 Å². The van der Waals surface area contributed by atoms with Crippen LogP contribution in [-0.4, -0.2) is 17.4 Å². The van der Waals surface area contributed by atoms with Gasteiger partial charge in [0.2, 0.25) is 0 Å². The highest BCUT2D eigenvalue weighted by molar-refractivity contribution is 7.20. The number of nitrogens with zero attached hydrogens (tertiary/aromatic N) is 1. The van der Waals surface area contributed by atoms with E-state index >= 15 is 0 Å². The summed E-state index contributed by atoms with van der Waals surface area (Å²) in [6.07, 6.45) is 2.15. The number of amides is 1. The van der Waals surface area contributed by atoms with E-state index in [-0.39, 0.29) is 10.9 Å². The number of unbranched alkanes of at least 4 members (excludes halogenated alkanes) is 1. The zero-order valence-corrected chi connectivity index (χ0v) is 19.6. The Bertz CT molecular complexity index is 1290. The first-order chi connectivity index (χ1) is 16.6. The van der Waals surface area contributed by atoms with Crippen LogP contribution in [0.4, 0.5) is 15.7 Å². The number of benzene rings is 3. The predicted octanol–water partition coefficient (Wildman–Crippen LogP) is 7.45. The molecule has 1 heterocycles. The van der Waals surface area contributed by atoms with Gasteiger partial charge in [0.05, 0.1) is 10.5 Å². The Kier molecular flexibility index (Phi) is 7.34. The van der Waals surface area contributed by atoms with Crippen LogP contribution in [0.2, 0.25) is 0 Å². The average molecular weight is 472 g/mol. The minimum Gasteiger partial charge on any atom is -0.385 e. The Balaban J connectivity index is 1.66.